The molecule has 0 bridgehead atoms. The molecule has 2 atom stereocenters. The molecule has 2 heterocycles. The molecule has 2 amide bonds. The van der Waals surface area contributed by atoms with Crippen LogP contribution in [0.1, 0.15) is 58.4 Å². The Kier molecular flexibility index (Phi) is 8.44. The molecule has 10 heteroatoms. The highest BCUT2D eigenvalue weighted by Crippen LogP contribution is 2.30. The van der Waals surface area contributed by atoms with Gasteiger partial charge in [0.05, 0.1) is 29.8 Å². The zero-order valence-electron chi connectivity index (χ0n) is 26.1. The zero-order chi connectivity index (χ0) is 31.6. The average molecular weight is 595 g/mol. The third-order valence-corrected chi connectivity index (χ3v) is 7.40. The van der Waals surface area contributed by atoms with E-state index in [1.54, 1.807) is 31.3 Å². The summed E-state index contributed by atoms with van der Waals surface area (Å²) in [5.74, 6) is 1.26. The van der Waals surface area contributed by atoms with Gasteiger partial charge in [0, 0.05) is 19.7 Å². The normalized spacial score (nSPS) is 12.9. The number of hydrogen-bond acceptors (Lipinski definition) is 6. The van der Waals surface area contributed by atoms with Crippen molar-refractivity contribution < 1.29 is 19.1 Å². The second-order valence-corrected chi connectivity index (χ2v) is 11.8. The fourth-order valence-corrected chi connectivity index (χ4v) is 4.77. The van der Waals surface area contributed by atoms with Crippen molar-refractivity contribution in [2.24, 2.45) is 0 Å². The van der Waals surface area contributed by atoms with Gasteiger partial charge in [0.2, 0.25) is 0 Å². The topological polar surface area (TPSA) is 125 Å². The third kappa shape index (κ3) is 6.75. The molecule has 0 spiro atoms. The van der Waals surface area contributed by atoms with E-state index in [0.717, 1.165) is 44.4 Å². The van der Waals surface area contributed by atoms with E-state index < -0.39 is 23.9 Å². The summed E-state index contributed by atoms with van der Waals surface area (Å²) < 4.78 is 10.8. The summed E-state index contributed by atoms with van der Waals surface area (Å²) in [6.45, 7) is 9.23. The Morgan fingerprint density at radius 1 is 0.795 bits per heavy atom. The first-order valence-corrected chi connectivity index (χ1v) is 14.5. The molecule has 5 aromatic rings. The van der Waals surface area contributed by atoms with Crippen LogP contribution in [0.5, 0.6) is 0 Å². The van der Waals surface area contributed by atoms with Gasteiger partial charge in [0.15, 0.2) is 6.10 Å². The van der Waals surface area contributed by atoms with Crippen molar-refractivity contribution in [2.75, 3.05) is 14.1 Å². The number of nitrogens with one attached hydrogen (secondary N) is 3. The number of nitrogens with zero attached hydrogens (tertiary/aromatic N) is 3. The molecular weight excluding hydrogens is 556 g/mol. The summed E-state index contributed by atoms with van der Waals surface area (Å²) >= 11 is 0. The second-order valence-electron chi connectivity index (χ2n) is 11.8. The standard InChI is InChI=1S/C34H38N6O4/c1-20(40(7)33(42)44-34(3,4)5)30-36-19-29(38-30)27-15-14-25-16-24(12-13-26(25)17-27)22-8-10-23(11-9-22)28-18-37-31(39-28)21(2)43-32(41)35-6/h8-21H,1-7H3,(H,35,41)(H,36,38)(H,37,39)/t20-,21-/m0/s1. The molecule has 0 saturated carbocycles. The molecule has 0 aliphatic heterocycles. The van der Waals surface area contributed by atoms with Gasteiger partial charge in [-0.3, -0.25) is 0 Å². The maximum absolute atomic E-state index is 12.5. The van der Waals surface area contributed by atoms with Crippen LogP contribution < -0.4 is 5.32 Å². The van der Waals surface area contributed by atoms with Crippen LogP contribution in [0.15, 0.2) is 73.1 Å². The Morgan fingerprint density at radius 3 is 1.95 bits per heavy atom. The highest BCUT2D eigenvalue weighted by Gasteiger charge is 2.25. The van der Waals surface area contributed by atoms with Crippen molar-refractivity contribution >= 4 is 23.0 Å². The summed E-state index contributed by atoms with van der Waals surface area (Å²) in [6, 6.07) is 20.7. The first-order chi connectivity index (χ1) is 20.9. The molecule has 3 aromatic carbocycles. The summed E-state index contributed by atoms with van der Waals surface area (Å²) in [7, 11) is 3.23. The molecule has 3 N–H and O–H groups in total. The number of aromatic nitrogens is 4. The van der Waals surface area contributed by atoms with Gasteiger partial charge in [-0.1, -0.05) is 48.5 Å². The van der Waals surface area contributed by atoms with Crippen LogP contribution in [0.25, 0.3) is 44.4 Å². The number of fused-ring (bicyclic) bond motifs is 1. The molecule has 10 nitrogen and oxygen atoms in total. The number of hydrogen-bond donors (Lipinski definition) is 3. The summed E-state index contributed by atoms with van der Waals surface area (Å²) in [5, 5.41) is 4.67. The lowest BCUT2D eigenvalue weighted by molar-refractivity contribution is 0.0227. The quantitative estimate of drug-likeness (QED) is 0.178. The maximum Gasteiger partial charge on any atom is 0.410 e. The Bertz CT molecular complexity index is 1780. The first kappa shape index (κ1) is 30.3. The average Bonchev–Trinajstić information content (AvgIpc) is 3.70. The molecule has 0 radical (unpaired) electrons. The van der Waals surface area contributed by atoms with Crippen LogP contribution >= 0.6 is 0 Å². The van der Waals surface area contributed by atoms with E-state index in [-0.39, 0.29) is 6.04 Å². The lowest BCUT2D eigenvalue weighted by Gasteiger charge is -2.27. The van der Waals surface area contributed by atoms with Gasteiger partial charge < -0.3 is 29.7 Å². The van der Waals surface area contributed by atoms with E-state index in [4.69, 9.17) is 9.47 Å². The molecule has 0 aliphatic rings. The van der Waals surface area contributed by atoms with E-state index >= 15 is 0 Å². The molecule has 0 saturated heterocycles. The fourth-order valence-electron chi connectivity index (χ4n) is 4.77. The number of carbonyl (C=O) groups excluding carboxylic acids is 2. The number of imidazole rings is 2. The van der Waals surface area contributed by atoms with Crippen LogP contribution in [-0.2, 0) is 9.47 Å². The highest BCUT2D eigenvalue weighted by atomic mass is 16.6. The molecule has 0 aliphatic carbocycles. The van der Waals surface area contributed by atoms with Gasteiger partial charge >= 0.3 is 12.2 Å². The Balaban J connectivity index is 1.29. The van der Waals surface area contributed by atoms with Gasteiger partial charge in [0.1, 0.15) is 17.2 Å². The van der Waals surface area contributed by atoms with E-state index in [9.17, 15) is 9.59 Å². The predicted molar refractivity (Wildman–Crippen MR) is 171 cm³/mol. The molecule has 0 fully saturated rings. The minimum atomic E-state index is -0.566. The fraction of sp³-hybridized carbons (Fsp3) is 0.294. The van der Waals surface area contributed by atoms with Crippen LogP contribution in [0, 0.1) is 0 Å². The summed E-state index contributed by atoms with van der Waals surface area (Å²) in [6.07, 6.45) is 2.14. The Labute approximate surface area is 256 Å². The Morgan fingerprint density at radius 2 is 1.32 bits per heavy atom. The van der Waals surface area contributed by atoms with Gasteiger partial charge in [-0.2, -0.15) is 0 Å². The number of ether oxygens (including phenoxy) is 2. The van der Waals surface area contributed by atoms with Crippen LogP contribution in [0.2, 0.25) is 0 Å². The van der Waals surface area contributed by atoms with E-state index in [1.807, 2.05) is 39.8 Å². The molecule has 0 unspecified atom stereocenters. The zero-order valence-corrected chi connectivity index (χ0v) is 26.1. The summed E-state index contributed by atoms with van der Waals surface area (Å²) in [4.78, 5) is 41.1. The smallest absolute Gasteiger partial charge is 0.410 e. The van der Waals surface area contributed by atoms with Gasteiger partial charge in [0.25, 0.3) is 0 Å². The summed E-state index contributed by atoms with van der Waals surface area (Å²) in [5.41, 5.74) is 5.35. The van der Waals surface area contributed by atoms with Crippen molar-refractivity contribution in [3.8, 4) is 33.6 Å². The lowest BCUT2D eigenvalue weighted by Crippen LogP contribution is -2.36. The lowest BCUT2D eigenvalue weighted by atomic mass is 9.98. The van der Waals surface area contributed by atoms with Gasteiger partial charge in [-0.05, 0) is 74.2 Å². The van der Waals surface area contributed by atoms with E-state index in [0.29, 0.717) is 11.6 Å². The second kappa shape index (κ2) is 12.2. The van der Waals surface area contributed by atoms with Crippen molar-refractivity contribution in [1.82, 2.24) is 30.2 Å². The van der Waals surface area contributed by atoms with E-state index in [2.05, 4.69) is 73.8 Å². The molecule has 228 valence electrons. The molecule has 44 heavy (non-hydrogen) atoms. The monoisotopic (exact) mass is 594 g/mol. The number of H-pyrrole nitrogens is 2. The Hall–Kier alpha value is -5.12. The van der Waals surface area contributed by atoms with Crippen molar-refractivity contribution in [2.45, 2.75) is 52.4 Å². The molecule has 5 rings (SSSR count). The number of benzene rings is 3. The van der Waals surface area contributed by atoms with Gasteiger partial charge in [-0.25, -0.2) is 19.6 Å². The van der Waals surface area contributed by atoms with E-state index in [1.165, 1.54) is 7.05 Å². The van der Waals surface area contributed by atoms with Crippen LogP contribution in [0.4, 0.5) is 9.59 Å². The van der Waals surface area contributed by atoms with Crippen LogP contribution in [0.3, 0.4) is 0 Å². The highest BCUT2D eigenvalue weighted by molar-refractivity contribution is 5.90. The van der Waals surface area contributed by atoms with Crippen molar-refractivity contribution in [3.05, 3.63) is 84.7 Å². The first-order valence-electron chi connectivity index (χ1n) is 14.5. The number of carbonyl (C=O) groups is 2. The minimum absolute atomic E-state index is 0.282. The SMILES string of the molecule is CNC(=O)O[C@@H](C)c1ncc(-c2ccc(-c3ccc4cc(-c5cnc([C@H](C)N(C)C(=O)OC(C)(C)C)[nH]5)ccc4c3)cc2)[nH]1. The molecular formula is C34H38N6O4. The number of aromatic amines is 2. The number of amides is 2. The molecule has 2 aromatic heterocycles. The van der Waals surface area contributed by atoms with Gasteiger partial charge in [-0.15, -0.1) is 0 Å². The number of rotatable bonds is 7. The maximum atomic E-state index is 12.5. The predicted octanol–water partition coefficient (Wildman–Crippen LogP) is 7.63. The van der Waals surface area contributed by atoms with Crippen LogP contribution in [-0.4, -0.2) is 56.7 Å². The largest absolute Gasteiger partial charge is 0.444 e. The minimum Gasteiger partial charge on any atom is -0.444 e. The number of alkyl carbamates (subject to hydrolysis) is 1. The van der Waals surface area contributed by atoms with Crippen molar-refractivity contribution in [3.63, 3.8) is 0 Å². The van der Waals surface area contributed by atoms with Crippen molar-refractivity contribution in [1.29, 1.82) is 0 Å². The third-order valence-electron chi connectivity index (χ3n) is 7.40.